The quantitative estimate of drug-likeness (QED) is 0.598. The summed E-state index contributed by atoms with van der Waals surface area (Å²) >= 11 is 0. The Labute approximate surface area is 82.5 Å². The highest BCUT2D eigenvalue weighted by Crippen LogP contribution is 1.98. The van der Waals surface area contributed by atoms with Crippen molar-refractivity contribution in [2.75, 3.05) is 0 Å². The van der Waals surface area contributed by atoms with Gasteiger partial charge < -0.3 is 0 Å². The summed E-state index contributed by atoms with van der Waals surface area (Å²) in [6, 6.07) is 4.15. The molecule has 13 heavy (non-hydrogen) atoms. The number of nitrogens with zero attached hydrogens (tertiary/aromatic N) is 1. The van der Waals surface area contributed by atoms with Gasteiger partial charge in [0.2, 0.25) is 0 Å². The van der Waals surface area contributed by atoms with Crippen LogP contribution in [0.4, 0.5) is 0 Å². The Morgan fingerprint density at radius 1 is 1.23 bits per heavy atom. The molecule has 1 heterocycles. The Hall–Kier alpha value is -1.11. The van der Waals surface area contributed by atoms with Gasteiger partial charge in [-0.2, -0.15) is 0 Å². The van der Waals surface area contributed by atoms with Crippen LogP contribution >= 0.6 is 0 Å². The van der Waals surface area contributed by atoms with Crippen molar-refractivity contribution in [2.24, 2.45) is 0 Å². The van der Waals surface area contributed by atoms with E-state index in [9.17, 15) is 0 Å². The highest BCUT2D eigenvalue weighted by atomic mass is 14.6. The van der Waals surface area contributed by atoms with Crippen molar-refractivity contribution < 1.29 is 0 Å². The fourth-order valence-corrected chi connectivity index (χ4v) is 0.708. The molecule has 1 aromatic rings. The second-order valence-electron chi connectivity index (χ2n) is 2.16. The number of hydrogen-bond donors (Lipinski definition) is 0. The lowest BCUT2D eigenvalue weighted by molar-refractivity contribution is 1.08. The van der Waals surface area contributed by atoms with Crippen LogP contribution < -0.4 is 0 Å². The lowest BCUT2D eigenvalue weighted by atomic mass is 10.2. The first-order valence-corrected chi connectivity index (χ1v) is 4.74. The summed E-state index contributed by atoms with van der Waals surface area (Å²) < 4.78 is 0. The third kappa shape index (κ3) is 7.26. The maximum atomic E-state index is 4.15. The molecule has 0 fully saturated rings. The van der Waals surface area contributed by atoms with Crippen LogP contribution in [0, 0.1) is 6.92 Å². The van der Waals surface area contributed by atoms with E-state index in [-0.39, 0.29) is 0 Å². The van der Waals surface area contributed by atoms with Crippen molar-refractivity contribution >= 4 is 0 Å². The summed E-state index contributed by atoms with van der Waals surface area (Å²) in [5.74, 6) is 0. The monoisotopic (exact) mass is 179 g/mol. The van der Waals surface area contributed by atoms with Gasteiger partial charge in [0, 0.05) is 11.9 Å². The van der Waals surface area contributed by atoms with Gasteiger partial charge in [0.15, 0.2) is 0 Å². The largest absolute Gasteiger partial charge is 0.261 e. The number of aryl methyl sites for hydroxylation is 2. The average Bonchev–Trinajstić information content (AvgIpc) is 2.25. The Bertz CT molecular complexity index is 189. The van der Waals surface area contributed by atoms with Crippen molar-refractivity contribution in [3.8, 4) is 0 Å². The predicted molar refractivity (Wildman–Crippen MR) is 61.0 cm³/mol. The zero-order chi connectivity index (χ0) is 10.7. The standard InChI is InChI=1S/C8H11N.C2H6.C2H4/c1-3-8-5-4-7(2)9-6-8;2*1-2/h4-6H,3H2,1-2H3;1-2H3;1-2H2. The number of aromatic nitrogens is 1. The molecule has 1 nitrogen and oxygen atoms in total. The molecular weight excluding hydrogens is 158 g/mol. The van der Waals surface area contributed by atoms with Crippen LogP contribution in [0.25, 0.3) is 0 Å². The smallest absolute Gasteiger partial charge is 0.0372 e. The predicted octanol–water partition coefficient (Wildman–Crippen LogP) is 3.78. The minimum atomic E-state index is 1.08. The van der Waals surface area contributed by atoms with E-state index in [1.54, 1.807) is 0 Å². The van der Waals surface area contributed by atoms with Crippen LogP contribution in [-0.4, -0.2) is 4.98 Å². The van der Waals surface area contributed by atoms with E-state index < -0.39 is 0 Å². The Kier molecular flexibility index (Phi) is 12.1. The van der Waals surface area contributed by atoms with Crippen molar-refractivity contribution in [3.63, 3.8) is 0 Å². The second-order valence-corrected chi connectivity index (χ2v) is 2.16. The third-order valence-corrected chi connectivity index (χ3v) is 1.38. The van der Waals surface area contributed by atoms with Gasteiger partial charge in [-0.3, -0.25) is 4.98 Å². The molecule has 0 aliphatic heterocycles. The first-order valence-electron chi connectivity index (χ1n) is 4.74. The second kappa shape index (κ2) is 10.9. The van der Waals surface area contributed by atoms with E-state index in [1.165, 1.54) is 5.56 Å². The first-order chi connectivity index (χ1) is 6.33. The van der Waals surface area contributed by atoms with Crippen molar-refractivity contribution in [1.29, 1.82) is 0 Å². The van der Waals surface area contributed by atoms with Crippen molar-refractivity contribution in [1.82, 2.24) is 4.98 Å². The molecule has 0 unspecified atom stereocenters. The Balaban J connectivity index is 0. The maximum absolute atomic E-state index is 4.15. The summed E-state index contributed by atoms with van der Waals surface area (Å²) in [5.41, 5.74) is 2.40. The molecule has 0 bridgehead atoms. The molecule has 0 aliphatic rings. The van der Waals surface area contributed by atoms with Crippen molar-refractivity contribution in [2.45, 2.75) is 34.1 Å². The highest BCUT2D eigenvalue weighted by molar-refractivity contribution is 5.12. The van der Waals surface area contributed by atoms with E-state index in [0.717, 1.165) is 12.1 Å². The molecule has 0 atom stereocenters. The van der Waals surface area contributed by atoms with E-state index in [2.05, 4.69) is 31.1 Å². The van der Waals surface area contributed by atoms with Gasteiger partial charge in [0.1, 0.15) is 0 Å². The third-order valence-electron chi connectivity index (χ3n) is 1.38. The molecule has 0 aromatic carbocycles. The van der Waals surface area contributed by atoms with E-state index in [4.69, 9.17) is 0 Å². The summed E-state index contributed by atoms with van der Waals surface area (Å²) in [6.45, 7) is 14.1. The zero-order valence-electron chi connectivity index (χ0n) is 9.30. The lowest BCUT2D eigenvalue weighted by Gasteiger charge is -1.93. The van der Waals surface area contributed by atoms with Gasteiger partial charge >= 0.3 is 0 Å². The van der Waals surface area contributed by atoms with Gasteiger partial charge in [-0.05, 0) is 25.0 Å². The molecule has 0 radical (unpaired) electrons. The molecular formula is C12H21N. The molecule has 1 aromatic heterocycles. The molecule has 0 amide bonds. The normalized spacial score (nSPS) is 7.38. The summed E-state index contributed by atoms with van der Waals surface area (Å²) in [6.07, 6.45) is 3.00. The minimum Gasteiger partial charge on any atom is -0.261 e. The molecule has 1 heteroatoms. The zero-order valence-corrected chi connectivity index (χ0v) is 9.30. The van der Waals surface area contributed by atoms with Gasteiger partial charge in [0.05, 0.1) is 0 Å². The van der Waals surface area contributed by atoms with E-state index >= 15 is 0 Å². The first kappa shape index (κ1) is 14.4. The summed E-state index contributed by atoms with van der Waals surface area (Å²) in [4.78, 5) is 4.15. The van der Waals surface area contributed by atoms with Gasteiger partial charge in [-0.15, -0.1) is 13.2 Å². The molecule has 74 valence electrons. The summed E-state index contributed by atoms with van der Waals surface area (Å²) in [5, 5.41) is 0. The van der Waals surface area contributed by atoms with Crippen LogP contribution in [-0.2, 0) is 6.42 Å². The van der Waals surface area contributed by atoms with Crippen molar-refractivity contribution in [3.05, 3.63) is 42.7 Å². The van der Waals surface area contributed by atoms with Gasteiger partial charge in [0.25, 0.3) is 0 Å². The fraction of sp³-hybridized carbons (Fsp3) is 0.417. The average molecular weight is 179 g/mol. The van der Waals surface area contributed by atoms with Crippen LogP contribution in [0.2, 0.25) is 0 Å². The maximum Gasteiger partial charge on any atom is 0.0372 e. The van der Waals surface area contributed by atoms with Gasteiger partial charge in [-0.25, -0.2) is 0 Å². The summed E-state index contributed by atoms with van der Waals surface area (Å²) in [7, 11) is 0. The van der Waals surface area contributed by atoms with E-state index in [1.807, 2.05) is 33.0 Å². The molecule has 0 N–H and O–H groups in total. The number of rotatable bonds is 1. The highest BCUT2D eigenvalue weighted by Gasteiger charge is 1.86. The fourth-order valence-electron chi connectivity index (χ4n) is 0.708. The van der Waals surface area contributed by atoms with Crippen LogP contribution in [0.15, 0.2) is 31.5 Å². The van der Waals surface area contributed by atoms with E-state index in [0.29, 0.717) is 0 Å². The molecule has 0 saturated heterocycles. The van der Waals surface area contributed by atoms with Crippen LogP contribution in [0.1, 0.15) is 32.0 Å². The number of hydrogen-bond acceptors (Lipinski definition) is 1. The van der Waals surface area contributed by atoms with Crippen LogP contribution in [0.5, 0.6) is 0 Å². The minimum absolute atomic E-state index is 1.08. The lowest BCUT2D eigenvalue weighted by Crippen LogP contribution is -1.83. The molecule has 0 saturated carbocycles. The molecule has 0 aliphatic carbocycles. The topological polar surface area (TPSA) is 12.9 Å². The van der Waals surface area contributed by atoms with Crippen LogP contribution in [0.3, 0.4) is 0 Å². The van der Waals surface area contributed by atoms with Gasteiger partial charge in [-0.1, -0.05) is 26.8 Å². The molecule has 0 spiro atoms. The SMILES string of the molecule is C=C.CC.CCc1ccc(C)nc1. The Morgan fingerprint density at radius 3 is 2.08 bits per heavy atom. The Morgan fingerprint density at radius 2 is 1.77 bits per heavy atom. The molecule has 1 rings (SSSR count). The number of pyridine rings is 1.